The summed E-state index contributed by atoms with van der Waals surface area (Å²) in [5.74, 6) is -2.91. The number of rotatable bonds is 2. The summed E-state index contributed by atoms with van der Waals surface area (Å²) < 4.78 is 43.8. The van der Waals surface area contributed by atoms with Crippen molar-refractivity contribution in [3.8, 4) is 0 Å². The molecule has 1 fully saturated rings. The van der Waals surface area contributed by atoms with Gasteiger partial charge in [0.15, 0.2) is 5.65 Å². The highest BCUT2D eigenvalue weighted by molar-refractivity contribution is 9.10. The van der Waals surface area contributed by atoms with E-state index in [9.17, 15) is 13.2 Å². The van der Waals surface area contributed by atoms with Gasteiger partial charge in [-0.25, -0.2) is 22.7 Å². The lowest BCUT2D eigenvalue weighted by atomic mass is 10.0. The average Bonchev–Trinajstić information content (AvgIpc) is 3.07. The van der Waals surface area contributed by atoms with Crippen LogP contribution in [0.3, 0.4) is 0 Å². The first kappa shape index (κ1) is 15.4. The molecule has 0 aliphatic carbocycles. The third-order valence-corrected chi connectivity index (χ3v) is 4.64. The Morgan fingerprint density at radius 2 is 2.04 bits per heavy atom. The van der Waals surface area contributed by atoms with E-state index in [1.165, 1.54) is 27.6 Å². The summed E-state index contributed by atoms with van der Waals surface area (Å²) in [6.45, 7) is -0.459. The van der Waals surface area contributed by atoms with Crippen LogP contribution in [0.25, 0.3) is 5.65 Å². The third kappa shape index (κ3) is 2.64. The molecule has 0 N–H and O–H groups in total. The molecule has 1 aliphatic rings. The predicted molar refractivity (Wildman–Crippen MR) is 86.7 cm³/mol. The van der Waals surface area contributed by atoms with Crippen LogP contribution in [0.15, 0.2) is 47.2 Å². The van der Waals surface area contributed by atoms with E-state index in [0.717, 1.165) is 0 Å². The zero-order chi connectivity index (χ0) is 16.9. The van der Waals surface area contributed by atoms with E-state index in [4.69, 9.17) is 0 Å². The molecule has 24 heavy (non-hydrogen) atoms. The molecule has 4 rings (SSSR count). The van der Waals surface area contributed by atoms with Gasteiger partial charge in [0.1, 0.15) is 16.2 Å². The quantitative estimate of drug-likeness (QED) is 0.650. The Kier molecular flexibility index (Phi) is 3.52. The molecule has 2 aromatic heterocycles. The van der Waals surface area contributed by atoms with Gasteiger partial charge < -0.3 is 4.90 Å². The smallest absolute Gasteiger partial charge is 0.267 e. The van der Waals surface area contributed by atoms with E-state index in [1.54, 1.807) is 24.4 Å². The lowest BCUT2D eigenvalue weighted by Gasteiger charge is -2.25. The van der Waals surface area contributed by atoms with Crippen LogP contribution in [0.2, 0.25) is 0 Å². The first-order valence-corrected chi connectivity index (χ1v) is 8.12. The number of alkyl halides is 2. The molecule has 0 spiro atoms. The highest BCUT2D eigenvalue weighted by Crippen LogP contribution is 2.43. The van der Waals surface area contributed by atoms with Gasteiger partial charge >= 0.3 is 0 Å². The summed E-state index contributed by atoms with van der Waals surface area (Å²) in [6.07, 6.45) is 1.22. The van der Waals surface area contributed by atoms with Gasteiger partial charge in [-0.15, -0.1) is 5.10 Å². The lowest BCUT2D eigenvalue weighted by molar-refractivity contribution is 0.0222. The van der Waals surface area contributed by atoms with E-state index < -0.39 is 24.3 Å². The number of imidazole rings is 1. The molecule has 3 heterocycles. The van der Waals surface area contributed by atoms with Crippen LogP contribution in [0.4, 0.5) is 19.0 Å². The third-order valence-electron chi connectivity index (χ3n) is 4.10. The van der Waals surface area contributed by atoms with Gasteiger partial charge in [-0.2, -0.15) is 0 Å². The highest BCUT2D eigenvalue weighted by Gasteiger charge is 2.46. The molecule has 1 aromatic carbocycles. The monoisotopic (exact) mass is 396 g/mol. The Morgan fingerprint density at radius 1 is 1.21 bits per heavy atom. The minimum atomic E-state index is -2.86. The van der Waals surface area contributed by atoms with E-state index >= 15 is 0 Å². The van der Waals surface area contributed by atoms with Crippen molar-refractivity contribution >= 4 is 27.4 Å². The van der Waals surface area contributed by atoms with Crippen LogP contribution in [-0.4, -0.2) is 27.1 Å². The Labute approximate surface area is 144 Å². The van der Waals surface area contributed by atoms with Crippen molar-refractivity contribution in [1.29, 1.82) is 0 Å². The first-order valence-electron chi connectivity index (χ1n) is 7.33. The second-order valence-electron chi connectivity index (χ2n) is 5.80. The maximum Gasteiger partial charge on any atom is 0.267 e. The van der Waals surface area contributed by atoms with Gasteiger partial charge in [-0.05, 0) is 45.8 Å². The van der Waals surface area contributed by atoms with E-state index in [0.29, 0.717) is 21.6 Å². The average molecular weight is 397 g/mol. The van der Waals surface area contributed by atoms with Gasteiger partial charge in [-0.1, -0.05) is 12.1 Å². The van der Waals surface area contributed by atoms with Gasteiger partial charge in [0.2, 0.25) is 0 Å². The number of aromatic nitrogens is 3. The van der Waals surface area contributed by atoms with Crippen molar-refractivity contribution in [2.45, 2.75) is 18.4 Å². The molecule has 0 amide bonds. The van der Waals surface area contributed by atoms with E-state index in [1.807, 2.05) is 0 Å². The minimum Gasteiger partial charge on any atom is -0.342 e. The molecule has 0 saturated carbocycles. The Bertz CT molecular complexity index is 911. The first-order chi connectivity index (χ1) is 11.4. The standard InChI is InChI=1S/C16H12BrF3N4/c17-13-8-21-14-4-5-15(22-24(13)14)23-9-16(19,20)7-12(23)10-2-1-3-11(18)6-10/h1-6,8,12H,7,9H2. The Balaban J connectivity index is 1.79. The summed E-state index contributed by atoms with van der Waals surface area (Å²) in [5, 5.41) is 4.39. The highest BCUT2D eigenvalue weighted by atomic mass is 79.9. The second-order valence-corrected chi connectivity index (χ2v) is 6.61. The van der Waals surface area contributed by atoms with Crippen molar-refractivity contribution < 1.29 is 13.2 Å². The van der Waals surface area contributed by atoms with Crippen molar-refractivity contribution in [3.05, 3.63) is 58.6 Å². The number of benzene rings is 1. The molecule has 4 nitrogen and oxygen atoms in total. The summed E-state index contributed by atoms with van der Waals surface area (Å²) >= 11 is 3.32. The van der Waals surface area contributed by atoms with Gasteiger partial charge in [0.05, 0.1) is 18.8 Å². The largest absolute Gasteiger partial charge is 0.342 e. The topological polar surface area (TPSA) is 33.4 Å². The maximum absolute atomic E-state index is 14.1. The van der Waals surface area contributed by atoms with Crippen LogP contribution in [-0.2, 0) is 0 Å². The maximum atomic E-state index is 14.1. The fraction of sp³-hybridized carbons (Fsp3) is 0.250. The van der Waals surface area contributed by atoms with Gasteiger partial charge in [0, 0.05) is 6.42 Å². The zero-order valence-corrected chi connectivity index (χ0v) is 13.9. The van der Waals surface area contributed by atoms with Crippen molar-refractivity contribution in [2.75, 3.05) is 11.4 Å². The molecule has 1 aliphatic heterocycles. The van der Waals surface area contributed by atoms with E-state index in [2.05, 4.69) is 26.0 Å². The molecule has 1 atom stereocenters. The Morgan fingerprint density at radius 3 is 2.83 bits per heavy atom. The number of halogens is 4. The molecule has 0 radical (unpaired) electrons. The number of hydrogen-bond donors (Lipinski definition) is 0. The molecular weight excluding hydrogens is 385 g/mol. The molecule has 3 aromatic rings. The molecule has 1 saturated heterocycles. The van der Waals surface area contributed by atoms with Crippen LogP contribution < -0.4 is 4.90 Å². The molecule has 0 bridgehead atoms. The van der Waals surface area contributed by atoms with Crippen LogP contribution >= 0.6 is 15.9 Å². The summed E-state index contributed by atoms with van der Waals surface area (Å²) in [5.41, 5.74) is 1.12. The summed E-state index contributed by atoms with van der Waals surface area (Å²) in [4.78, 5) is 5.66. The molecule has 1 unspecified atom stereocenters. The fourth-order valence-electron chi connectivity index (χ4n) is 3.06. The zero-order valence-electron chi connectivity index (χ0n) is 12.3. The number of fused-ring (bicyclic) bond motifs is 1. The van der Waals surface area contributed by atoms with Crippen molar-refractivity contribution in [2.24, 2.45) is 0 Å². The summed E-state index contributed by atoms with van der Waals surface area (Å²) in [7, 11) is 0. The fourth-order valence-corrected chi connectivity index (χ4v) is 3.42. The minimum absolute atomic E-state index is 0.374. The number of hydrogen-bond acceptors (Lipinski definition) is 3. The number of nitrogens with zero attached hydrogens (tertiary/aromatic N) is 4. The van der Waals surface area contributed by atoms with Crippen LogP contribution in [0, 0.1) is 5.82 Å². The predicted octanol–water partition coefficient (Wildman–Crippen LogP) is 4.22. The molecule has 8 heteroatoms. The number of anilines is 1. The molecular formula is C16H12BrF3N4. The SMILES string of the molecule is Fc1cccc(C2CC(F)(F)CN2c2ccc3ncc(Br)n3n2)c1. The van der Waals surface area contributed by atoms with Crippen LogP contribution in [0.5, 0.6) is 0 Å². The van der Waals surface area contributed by atoms with E-state index in [-0.39, 0.29) is 6.42 Å². The van der Waals surface area contributed by atoms with Gasteiger partial charge in [-0.3, -0.25) is 0 Å². The van der Waals surface area contributed by atoms with Gasteiger partial charge in [0.25, 0.3) is 5.92 Å². The normalized spacial score (nSPS) is 20.0. The Hall–Kier alpha value is -2.09. The molecule has 124 valence electrons. The second kappa shape index (κ2) is 5.47. The van der Waals surface area contributed by atoms with Crippen molar-refractivity contribution in [1.82, 2.24) is 14.6 Å². The van der Waals surface area contributed by atoms with Crippen LogP contribution in [0.1, 0.15) is 18.0 Å². The lowest BCUT2D eigenvalue weighted by Crippen LogP contribution is -2.27. The van der Waals surface area contributed by atoms with Crippen molar-refractivity contribution in [3.63, 3.8) is 0 Å². The summed E-state index contributed by atoms with van der Waals surface area (Å²) in [6, 6.07) is 8.52.